The van der Waals surface area contributed by atoms with Gasteiger partial charge in [0.15, 0.2) is 0 Å². The van der Waals surface area contributed by atoms with Crippen LogP contribution in [0.2, 0.25) is 0 Å². The normalized spacial score (nSPS) is 14.7. The van der Waals surface area contributed by atoms with Crippen molar-refractivity contribution in [2.45, 2.75) is 18.9 Å². The zero-order valence-electron chi connectivity index (χ0n) is 8.00. The lowest BCUT2D eigenvalue weighted by Gasteiger charge is -2.22. The number of aliphatic carboxylic acids is 1. The molecular formula is C10H10F2O3. The van der Waals surface area contributed by atoms with Crippen LogP contribution in [0.4, 0.5) is 8.78 Å². The third kappa shape index (κ3) is 2.73. The van der Waals surface area contributed by atoms with Crippen molar-refractivity contribution >= 4 is 5.97 Å². The first-order valence-corrected chi connectivity index (χ1v) is 4.22. The fourth-order valence-electron chi connectivity index (χ4n) is 1.32. The predicted octanol–water partition coefficient (Wildman–Crippen LogP) is 1.65. The molecule has 0 aromatic heterocycles. The number of carboxylic acids is 1. The van der Waals surface area contributed by atoms with E-state index in [1.807, 2.05) is 0 Å². The van der Waals surface area contributed by atoms with E-state index in [9.17, 15) is 18.7 Å². The Hall–Kier alpha value is -1.49. The Morgan fingerprint density at radius 3 is 2.53 bits per heavy atom. The van der Waals surface area contributed by atoms with Crippen molar-refractivity contribution in [1.29, 1.82) is 0 Å². The summed E-state index contributed by atoms with van der Waals surface area (Å²) in [5.41, 5.74) is -2.07. The zero-order valence-corrected chi connectivity index (χ0v) is 8.00. The lowest BCUT2D eigenvalue weighted by atomic mass is 9.92. The molecule has 82 valence electrons. The highest BCUT2D eigenvalue weighted by molar-refractivity contribution is 5.68. The van der Waals surface area contributed by atoms with Crippen LogP contribution in [0.15, 0.2) is 18.2 Å². The van der Waals surface area contributed by atoms with Crippen LogP contribution in [0.1, 0.15) is 18.9 Å². The molecule has 0 unspecified atom stereocenters. The van der Waals surface area contributed by atoms with Gasteiger partial charge in [-0.2, -0.15) is 0 Å². The van der Waals surface area contributed by atoms with Crippen molar-refractivity contribution in [2.75, 3.05) is 0 Å². The van der Waals surface area contributed by atoms with E-state index < -0.39 is 29.6 Å². The number of hydrogen-bond acceptors (Lipinski definition) is 2. The van der Waals surface area contributed by atoms with Crippen LogP contribution >= 0.6 is 0 Å². The molecule has 0 heterocycles. The fourth-order valence-corrected chi connectivity index (χ4v) is 1.32. The summed E-state index contributed by atoms with van der Waals surface area (Å²) < 4.78 is 25.8. The Morgan fingerprint density at radius 1 is 1.47 bits per heavy atom. The standard InChI is InChI=1S/C10H10F2O3/c1-10(15,5-9(13)14)7-3-2-6(11)4-8(7)12/h2-4,15H,5H2,1H3,(H,13,14)/t10-/m1/s1. The number of carbonyl (C=O) groups is 1. The van der Waals surface area contributed by atoms with E-state index >= 15 is 0 Å². The molecule has 0 radical (unpaired) electrons. The van der Waals surface area contributed by atoms with Crippen LogP contribution in [-0.2, 0) is 10.4 Å². The van der Waals surface area contributed by atoms with Gasteiger partial charge in [0.1, 0.15) is 17.2 Å². The van der Waals surface area contributed by atoms with E-state index in [-0.39, 0.29) is 5.56 Å². The number of aliphatic hydroxyl groups is 1. The minimum absolute atomic E-state index is 0.230. The van der Waals surface area contributed by atoms with Crippen molar-refractivity contribution < 1.29 is 23.8 Å². The summed E-state index contributed by atoms with van der Waals surface area (Å²) in [6.07, 6.45) is -0.643. The maximum atomic E-state index is 13.2. The number of benzene rings is 1. The maximum Gasteiger partial charge on any atom is 0.306 e. The number of carboxylic acid groups (broad SMARTS) is 1. The Labute approximate surface area is 85.0 Å². The van der Waals surface area contributed by atoms with Crippen LogP contribution in [0.5, 0.6) is 0 Å². The van der Waals surface area contributed by atoms with E-state index in [1.165, 1.54) is 0 Å². The first-order valence-electron chi connectivity index (χ1n) is 4.22. The van der Waals surface area contributed by atoms with Crippen molar-refractivity contribution in [3.05, 3.63) is 35.4 Å². The van der Waals surface area contributed by atoms with Gasteiger partial charge in [-0.25, -0.2) is 8.78 Å². The molecule has 0 aliphatic rings. The van der Waals surface area contributed by atoms with Crippen LogP contribution in [0, 0.1) is 11.6 Å². The quantitative estimate of drug-likeness (QED) is 0.807. The molecule has 0 bridgehead atoms. The minimum atomic E-state index is -1.84. The first-order chi connectivity index (χ1) is 6.83. The molecule has 1 rings (SSSR count). The summed E-state index contributed by atoms with van der Waals surface area (Å²) in [5, 5.41) is 18.2. The third-order valence-corrected chi connectivity index (χ3v) is 2.01. The smallest absolute Gasteiger partial charge is 0.306 e. The molecule has 0 aliphatic heterocycles. The molecule has 0 saturated carbocycles. The Kier molecular flexibility index (Phi) is 3.04. The summed E-state index contributed by atoms with van der Waals surface area (Å²) in [5.74, 6) is -2.99. The number of rotatable bonds is 3. The number of hydrogen-bond donors (Lipinski definition) is 2. The van der Waals surface area contributed by atoms with Crippen LogP contribution in [0.25, 0.3) is 0 Å². The molecular weight excluding hydrogens is 206 g/mol. The van der Waals surface area contributed by atoms with Gasteiger partial charge in [-0.3, -0.25) is 4.79 Å². The van der Waals surface area contributed by atoms with E-state index in [0.29, 0.717) is 6.07 Å². The van der Waals surface area contributed by atoms with E-state index in [1.54, 1.807) is 0 Å². The van der Waals surface area contributed by atoms with Gasteiger partial charge in [-0.05, 0) is 13.0 Å². The molecule has 1 aromatic rings. The highest BCUT2D eigenvalue weighted by Crippen LogP contribution is 2.27. The predicted molar refractivity (Wildman–Crippen MR) is 48.2 cm³/mol. The Morgan fingerprint density at radius 2 is 2.07 bits per heavy atom. The first kappa shape index (κ1) is 11.6. The van der Waals surface area contributed by atoms with Crippen molar-refractivity contribution in [3.63, 3.8) is 0 Å². The number of halogens is 2. The fraction of sp³-hybridized carbons (Fsp3) is 0.300. The van der Waals surface area contributed by atoms with Gasteiger partial charge in [0.2, 0.25) is 0 Å². The van der Waals surface area contributed by atoms with Gasteiger partial charge in [0.25, 0.3) is 0 Å². The Balaban J connectivity index is 3.09. The molecule has 1 aromatic carbocycles. The molecule has 1 atom stereocenters. The summed E-state index contributed by atoms with van der Waals surface area (Å²) in [7, 11) is 0. The average molecular weight is 216 g/mol. The molecule has 0 spiro atoms. The molecule has 0 fully saturated rings. The van der Waals surface area contributed by atoms with Crippen LogP contribution < -0.4 is 0 Å². The van der Waals surface area contributed by atoms with Gasteiger partial charge in [-0.15, -0.1) is 0 Å². The maximum absolute atomic E-state index is 13.2. The van der Waals surface area contributed by atoms with Gasteiger partial charge >= 0.3 is 5.97 Å². The van der Waals surface area contributed by atoms with Crippen LogP contribution in [-0.4, -0.2) is 16.2 Å². The monoisotopic (exact) mass is 216 g/mol. The van der Waals surface area contributed by atoms with E-state index in [0.717, 1.165) is 19.1 Å². The lowest BCUT2D eigenvalue weighted by molar-refractivity contribution is -0.142. The van der Waals surface area contributed by atoms with Gasteiger partial charge < -0.3 is 10.2 Å². The molecule has 5 heteroatoms. The Bertz CT molecular complexity index is 388. The molecule has 0 aliphatic carbocycles. The van der Waals surface area contributed by atoms with E-state index in [4.69, 9.17) is 5.11 Å². The lowest BCUT2D eigenvalue weighted by Crippen LogP contribution is -2.26. The summed E-state index contributed by atoms with van der Waals surface area (Å²) in [6.45, 7) is 1.16. The van der Waals surface area contributed by atoms with Crippen molar-refractivity contribution in [3.8, 4) is 0 Å². The average Bonchev–Trinajstić information content (AvgIpc) is 1.99. The summed E-state index contributed by atoms with van der Waals surface area (Å²) >= 11 is 0. The molecule has 0 saturated heterocycles. The second-order valence-corrected chi connectivity index (χ2v) is 3.47. The summed E-state index contributed by atoms with van der Waals surface area (Å²) in [4.78, 5) is 10.4. The molecule has 2 N–H and O–H groups in total. The van der Waals surface area contributed by atoms with E-state index in [2.05, 4.69) is 0 Å². The molecule has 15 heavy (non-hydrogen) atoms. The largest absolute Gasteiger partial charge is 0.481 e. The zero-order chi connectivity index (χ0) is 11.6. The molecule has 3 nitrogen and oxygen atoms in total. The molecule has 0 amide bonds. The van der Waals surface area contributed by atoms with Gasteiger partial charge in [0.05, 0.1) is 6.42 Å². The highest BCUT2D eigenvalue weighted by atomic mass is 19.1. The minimum Gasteiger partial charge on any atom is -0.481 e. The van der Waals surface area contributed by atoms with Gasteiger partial charge in [0, 0.05) is 11.6 Å². The van der Waals surface area contributed by atoms with Crippen molar-refractivity contribution in [1.82, 2.24) is 0 Å². The third-order valence-electron chi connectivity index (χ3n) is 2.01. The van der Waals surface area contributed by atoms with Crippen molar-refractivity contribution in [2.24, 2.45) is 0 Å². The second-order valence-electron chi connectivity index (χ2n) is 3.47. The van der Waals surface area contributed by atoms with Gasteiger partial charge in [-0.1, -0.05) is 6.07 Å². The summed E-state index contributed by atoms with van der Waals surface area (Å²) in [6, 6.07) is 2.61. The topological polar surface area (TPSA) is 57.5 Å². The van der Waals surface area contributed by atoms with Crippen LogP contribution in [0.3, 0.4) is 0 Å². The highest BCUT2D eigenvalue weighted by Gasteiger charge is 2.29. The second kappa shape index (κ2) is 3.94. The SMILES string of the molecule is C[C@@](O)(CC(=O)O)c1ccc(F)cc1F.